The third kappa shape index (κ3) is 5.10. The average molecular weight is 292 g/mol. The topological polar surface area (TPSA) is 69.6 Å². The molecule has 2 unspecified atom stereocenters. The van der Waals surface area contributed by atoms with E-state index >= 15 is 0 Å². The first kappa shape index (κ1) is 17.0. The van der Waals surface area contributed by atoms with Gasteiger partial charge in [-0.2, -0.15) is 0 Å². The molecule has 0 spiro atoms. The van der Waals surface area contributed by atoms with Crippen molar-refractivity contribution in [3.8, 4) is 0 Å². The van der Waals surface area contributed by atoms with E-state index in [4.69, 9.17) is 0 Å². The number of carboxylic acids is 1. The second-order valence-electron chi connectivity index (χ2n) is 5.50. The summed E-state index contributed by atoms with van der Waals surface area (Å²) in [7, 11) is 1.66. The zero-order valence-corrected chi connectivity index (χ0v) is 13.1. The summed E-state index contributed by atoms with van der Waals surface area (Å²) in [5.41, 5.74) is 2.15. The smallest absolute Gasteiger partial charge is 0.326 e. The molecule has 1 rings (SSSR count). The van der Waals surface area contributed by atoms with Crippen LogP contribution in [0.4, 0.5) is 4.79 Å². The Kier molecular flexibility index (Phi) is 6.21. The second kappa shape index (κ2) is 7.67. The van der Waals surface area contributed by atoms with Crippen LogP contribution in [0.1, 0.15) is 31.4 Å². The molecule has 0 fully saturated rings. The van der Waals surface area contributed by atoms with E-state index < -0.39 is 12.0 Å². The van der Waals surface area contributed by atoms with Gasteiger partial charge in [-0.3, -0.25) is 0 Å². The monoisotopic (exact) mass is 292 g/mol. The number of carbonyl (C=O) groups is 2. The minimum Gasteiger partial charge on any atom is -0.480 e. The fourth-order valence-corrected chi connectivity index (χ4v) is 2.08. The third-order valence-corrected chi connectivity index (χ3v) is 3.61. The van der Waals surface area contributed by atoms with Crippen molar-refractivity contribution in [2.24, 2.45) is 5.92 Å². The maximum Gasteiger partial charge on any atom is 0.326 e. The molecular weight excluding hydrogens is 268 g/mol. The van der Waals surface area contributed by atoms with Crippen LogP contribution in [-0.4, -0.2) is 35.1 Å². The number of amides is 2. The van der Waals surface area contributed by atoms with E-state index in [0.29, 0.717) is 13.0 Å². The number of benzene rings is 1. The van der Waals surface area contributed by atoms with E-state index in [2.05, 4.69) is 5.32 Å². The van der Waals surface area contributed by atoms with Crippen molar-refractivity contribution in [2.75, 3.05) is 7.05 Å². The molecule has 0 aliphatic rings. The Hall–Kier alpha value is -2.04. The lowest BCUT2D eigenvalue weighted by Gasteiger charge is -2.24. The van der Waals surface area contributed by atoms with Crippen molar-refractivity contribution in [3.63, 3.8) is 0 Å². The Labute approximate surface area is 126 Å². The van der Waals surface area contributed by atoms with Crippen molar-refractivity contribution < 1.29 is 14.7 Å². The summed E-state index contributed by atoms with van der Waals surface area (Å²) in [6.07, 6.45) is 0.693. The van der Waals surface area contributed by atoms with Crippen molar-refractivity contribution in [3.05, 3.63) is 35.4 Å². The van der Waals surface area contributed by atoms with Gasteiger partial charge >= 0.3 is 12.0 Å². The van der Waals surface area contributed by atoms with Gasteiger partial charge in [0.25, 0.3) is 0 Å². The number of aryl methyl sites for hydroxylation is 1. The molecule has 0 saturated carbocycles. The quantitative estimate of drug-likeness (QED) is 0.847. The van der Waals surface area contributed by atoms with Gasteiger partial charge in [0.15, 0.2) is 0 Å². The molecule has 0 saturated heterocycles. The molecule has 5 heteroatoms. The lowest BCUT2D eigenvalue weighted by atomic mass is 9.99. The first-order chi connectivity index (χ1) is 9.85. The minimum atomic E-state index is -0.998. The number of urea groups is 1. The van der Waals surface area contributed by atoms with Crippen LogP contribution in [0.15, 0.2) is 24.3 Å². The molecule has 5 nitrogen and oxygen atoms in total. The Balaban J connectivity index is 2.67. The molecular formula is C16H24N2O3. The summed E-state index contributed by atoms with van der Waals surface area (Å²) in [6, 6.07) is 6.65. The van der Waals surface area contributed by atoms with E-state index in [1.165, 1.54) is 4.90 Å². The summed E-state index contributed by atoms with van der Waals surface area (Å²) < 4.78 is 0. The van der Waals surface area contributed by atoms with Crippen molar-refractivity contribution in [2.45, 2.75) is 39.8 Å². The first-order valence-electron chi connectivity index (χ1n) is 7.15. The number of aliphatic carboxylic acids is 1. The largest absolute Gasteiger partial charge is 0.480 e. The van der Waals surface area contributed by atoms with Gasteiger partial charge in [0.2, 0.25) is 0 Å². The first-order valence-corrected chi connectivity index (χ1v) is 7.15. The maximum absolute atomic E-state index is 12.1. The van der Waals surface area contributed by atoms with Gasteiger partial charge in [-0.25, -0.2) is 9.59 Å². The van der Waals surface area contributed by atoms with Crippen LogP contribution in [0, 0.1) is 12.8 Å². The molecule has 116 valence electrons. The van der Waals surface area contributed by atoms with Gasteiger partial charge in [-0.1, -0.05) is 50.1 Å². The lowest BCUT2D eigenvalue weighted by Crippen LogP contribution is -2.49. The third-order valence-electron chi connectivity index (χ3n) is 3.61. The van der Waals surface area contributed by atoms with Crippen LogP contribution in [0.2, 0.25) is 0 Å². The molecule has 2 N–H and O–H groups in total. The normalized spacial score (nSPS) is 13.3. The lowest BCUT2D eigenvalue weighted by molar-refractivity contribution is -0.140. The van der Waals surface area contributed by atoms with Gasteiger partial charge in [-0.05, 0) is 18.4 Å². The predicted octanol–water partition coefficient (Wildman–Crippen LogP) is 2.64. The van der Waals surface area contributed by atoms with Gasteiger partial charge < -0.3 is 15.3 Å². The van der Waals surface area contributed by atoms with Gasteiger partial charge in [0.05, 0.1) is 0 Å². The Morgan fingerprint density at radius 1 is 1.38 bits per heavy atom. The van der Waals surface area contributed by atoms with E-state index in [9.17, 15) is 14.7 Å². The molecule has 2 atom stereocenters. The zero-order valence-electron chi connectivity index (χ0n) is 13.1. The molecule has 0 aliphatic heterocycles. The molecule has 2 amide bonds. The molecule has 0 radical (unpaired) electrons. The predicted molar refractivity (Wildman–Crippen MR) is 82.1 cm³/mol. The highest BCUT2D eigenvalue weighted by Crippen LogP contribution is 2.10. The van der Waals surface area contributed by atoms with E-state index in [1.807, 2.05) is 45.0 Å². The molecule has 0 heterocycles. The van der Waals surface area contributed by atoms with Crippen LogP contribution < -0.4 is 5.32 Å². The molecule has 21 heavy (non-hydrogen) atoms. The molecule has 1 aromatic carbocycles. The number of carboxylic acid groups (broad SMARTS) is 1. The molecule has 1 aromatic rings. The van der Waals surface area contributed by atoms with Crippen LogP contribution in [-0.2, 0) is 11.3 Å². The molecule has 0 bridgehead atoms. The zero-order chi connectivity index (χ0) is 16.0. The summed E-state index contributed by atoms with van der Waals surface area (Å²) in [5, 5.41) is 11.8. The summed E-state index contributed by atoms with van der Waals surface area (Å²) in [5.74, 6) is -1.11. The summed E-state index contributed by atoms with van der Waals surface area (Å²) in [4.78, 5) is 24.8. The van der Waals surface area contributed by atoms with Gasteiger partial charge in [0.1, 0.15) is 6.04 Å². The molecule has 0 aliphatic carbocycles. The SMILES string of the molecule is CCC(C)C(NC(=O)N(C)Cc1cccc(C)c1)C(=O)O. The molecule has 0 aromatic heterocycles. The highest BCUT2D eigenvalue weighted by Gasteiger charge is 2.26. The second-order valence-corrected chi connectivity index (χ2v) is 5.50. The fourth-order valence-electron chi connectivity index (χ4n) is 2.08. The number of hydrogen-bond donors (Lipinski definition) is 2. The van der Waals surface area contributed by atoms with Crippen LogP contribution in [0.3, 0.4) is 0 Å². The van der Waals surface area contributed by atoms with E-state index in [0.717, 1.165) is 11.1 Å². The standard InChI is InChI=1S/C16H24N2O3/c1-5-12(3)14(15(19)20)17-16(21)18(4)10-13-8-6-7-11(2)9-13/h6-9,12,14H,5,10H2,1-4H3,(H,17,21)(H,19,20). The number of hydrogen-bond acceptors (Lipinski definition) is 2. The number of nitrogens with zero attached hydrogens (tertiary/aromatic N) is 1. The van der Waals surface area contributed by atoms with Gasteiger partial charge in [-0.15, -0.1) is 0 Å². The minimum absolute atomic E-state index is 0.112. The van der Waals surface area contributed by atoms with Gasteiger partial charge in [0, 0.05) is 13.6 Å². The number of nitrogens with one attached hydrogen (secondary N) is 1. The highest BCUT2D eigenvalue weighted by atomic mass is 16.4. The average Bonchev–Trinajstić information content (AvgIpc) is 2.43. The van der Waals surface area contributed by atoms with Crippen molar-refractivity contribution >= 4 is 12.0 Å². The summed E-state index contributed by atoms with van der Waals surface area (Å²) >= 11 is 0. The number of carbonyl (C=O) groups excluding carboxylic acids is 1. The van der Waals surface area contributed by atoms with Crippen LogP contribution in [0.5, 0.6) is 0 Å². The summed E-state index contributed by atoms with van der Waals surface area (Å²) in [6.45, 7) is 6.16. The Morgan fingerprint density at radius 2 is 2.05 bits per heavy atom. The van der Waals surface area contributed by atoms with Crippen molar-refractivity contribution in [1.82, 2.24) is 10.2 Å². The number of rotatable bonds is 6. The van der Waals surface area contributed by atoms with E-state index in [-0.39, 0.29) is 11.9 Å². The Bertz CT molecular complexity index is 502. The van der Waals surface area contributed by atoms with Crippen molar-refractivity contribution in [1.29, 1.82) is 0 Å². The van der Waals surface area contributed by atoms with E-state index in [1.54, 1.807) is 7.05 Å². The van der Waals surface area contributed by atoms with Crippen LogP contribution >= 0.6 is 0 Å². The van der Waals surface area contributed by atoms with Crippen LogP contribution in [0.25, 0.3) is 0 Å². The Morgan fingerprint density at radius 3 is 2.57 bits per heavy atom. The maximum atomic E-state index is 12.1. The fraction of sp³-hybridized carbons (Fsp3) is 0.500. The highest BCUT2D eigenvalue weighted by molar-refractivity contribution is 5.82.